The fourth-order valence-electron chi connectivity index (χ4n) is 3.51. The Morgan fingerprint density at radius 1 is 1.35 bits per heavy atom. The number of anilines is 1. The van der Waals surface area contributed by atoms with Gasteiger partial charge in [0, 0.05) is 18.7 Å². The van der Waals surface area contributed by atoms with Crippen LogP contribution >= 0.6 is 0 Å². The molecular formula is C24H33N3O4. The van der Waals surface area contributed by atoms with Crippen molar-refractivity contribution in [2.75, 3.05) is 31.6 Å². The van der Waals surface area contributed by atoms with Gasteiger partial charge in [0.1, 0.15) is 12.4 Å². The maximum atomic E-state index is 12.6. The highest BCUT2D eigenvalue weighted by Gasteiger charge is 2.25. The highest BCUT2D eigenvalue weighted by molar-refractivity contribution is 5.88. The van der Waals surface area contributed by atoms with E-state index in [1.807, 2.05) is 50.8 Å². The van der Waals surface area contributed by atoms with Crippen LogP contribution in [0.15, 0.2) is 34.4 Å². The number of hydrogen-bond acceptors (Lipinski definition) is 5. The van der Waals surface area contributed by atoms with Gasteiger partial charge in [-0.15, -0.1) is 0 Å². The van der Waals surface area contributed by atoms with Crippen molar-refractivity contribution in [3.63, 3.8) is 0 Å². The van der Waals surface area contributed by atoms with Crippen molar-refractivity contribution in [2.24, 2.45) is 5.92 Å². The van der Waals surface area contributed by atoms with Crippen LogP contribution in [0.3, 0.4) is 0 Å². The second-order valence-electron chi connectivity index (χ2n) is 8.31. The fourth-order valence-corrected chi connectivity index (χ4v) is 3.51. The van der Waals surface area contributed by atoms with E-state index in [1.165, 1.54) is 5.57 Å². The van der Waals surface area contributed by atoms with E-state index in [0.29, 0.717) is 32.2 Å². The molecule has 7 nitrogen and oxygen atoms in total. The van der Waals surface area contributed by atoms with Crippen LogP contribution in [0.5, 0.6) is 5.75 Å². The highest BCUT2D eigenvalue weighted by atomic mass is 16.5. The number of hydrogen-bond donors (Lipinski definition) is 1. The molecule has 0 radical (unpaired) electrons. The number of likely N-dealkylation sites (tertiary alicyclic amines) is 1. The molecule has 1 aliphatic heterocycles. The fraction of sp³-hybridized carbons (Fsp3) is 0.500. The van der Waals surface area contributed by atoms with Crippen LogP contribution in [0.25, 0.3) is 6.08 Å². The Morgan fingerprint density at radius 2 is 2.16 bits per heavy atom. The average Bonchev–Trinajstić information content (AvgIpc) is 3.05. The molecule has 2 aromatic rings. The molecule has 1 atom stereocenters. The van der Waals surface area contributed by atoms with Gasteiger partial charge in [0.2, 0.25) is 5.88 Å². The van der Waals surface area contributed by atoms with Crippen LogP contribution in [0.1, 0.15) is 44.0 Å². The van der Waals surface area contributed by atoms with Crippen LogP contribution in [-0.4, -0.2) is 48.5 Å². The monoisotopic (exact) mass is 427 g/mol. The number of aromatic nitrogens is 1. The first-order valence-corrected chi connectivity index (χ1v) is 10.9. The number of nitrogens with one attached hydrogen (secondary N) is 1. The van der Waals surface area contributed by atoms with E-state index in [0.717, 1.165) is 29.0 Å². The Morgan fingerprint density at radius 3 is 2.84 bits per heavy atom. The highest BCUT2D eigenvalue weighted by Crippen LogP contribution is 2.27. The molecule has 0 saturated carbocycles. The van der Waals surface area contributed by atoms with Gasteiger partial charge in [-0.3, -0.25) is 5.32 Å². The summed E-state index contributed by atoms with van der Waals surface area (Å²) in [6, 6.07) is 7.93. The normalized spacial score (nSPS) is 17.9. The third kappa shape index (κ3) is 6.34. The zero-order chi connectivity index (χ0) is 22.4. The number of piperidine rings is 1. The minimum absolute atomic E-state index is 0.149. The van der Waals surface area contributed by atoms with Crippen molar-refractivity contribution in [1.29, 1.82) is 0 Å². The predicted octanol–water partition coefficient (Wildman–Crippen LogP) is 5.05. The van der Waals surface area contributed by atoms with E-state index in [1.54, 1.807) is 0 Å². The van der Waals surface area contributed by atoms with Crippen molar-refractivity contribution in [1.82, 2.24) is 10.1 Å². The predicted molar refractivity (Wildman–Crippen MR) is 121 cm³/mol. The summed E-state index contributed by atoms with van der Waals surface area (Å²) in [5.41, 5.74) is 4.08. The molecule has 0 bridgehead atoms. The van der Waals surface area contributed by atoms with Gasteiger partial charge in [0.15, 0.2) is 0 Å². The largest absolute Gasteiger partial charge is 0.491 e. The summed E-state index contributed by atoms with van der Waals surface area (Å²) in [6.45, 7) is 12.3. The quantitative estimate of drug-likeness (QED) is 0.626. The minimum atomic E-state index is -0.149. The molecule has 7 heteroatoms. The number of carbonyl (C=O) groups excluding carboxylic acids is 1. The van der Waals surface area contributed by atoms with Crippen molar-refractivity contribution < 1.29 is 18.8 Å². The second kappa shape index (κ2) is 10.5. The lowest BCUT2D eigenvalue weighted by atomic mass is 9.91. The number of carbonyl (C=O) groups is 1. The summed E-state index contributed by atoms with van der Waals surface area (Å²) in [7, 11) is 0. The molecule has 1 saturated heterocycles. The van der Waals surface area contributed by atoms with E-state index in [9.17, 15) is 4.79 Å². The van der Waals surface area contributed by atoms with E-state index < -0.39 is 0 Å². The van der Waals surface area contributed by atoms with Crippen LogP contribution in [0.2, 0.25) is 0 Å². The Labute approximate surface area is 184 Å². The number of nitrogens with zero attached hydrogens (tertiary/aromatic N) is 2. The van der Waals surface area contributed by atoms with Crippen LogP contribution in [0, 0.1) is 19.8 Å². The lowest BCUT2D eigenvalue weighted by Crippen LogP contribution is -2.42. The van der Waals surface area contributed by atoms with Crippen LogP contribution < -0.4 is 10.1 Å². The number of aryl methyl sites for hydroxylation is 1. The lowest BCUT2D eigenvalue weighted by molar-refractivity contribution is 0.0552. The van der Waals surface area contributed by atoms with E-state index in [-0.39, 0.29) is 18.1 Å². The molecule has 3 rings (SSSR count). The topological polar surface area (TPSA) is 76.8 Å². The van der Waals surface area contributed by atoms with Crippen molar-refractivity contribution in [3.8, 4) is 5.75 Å². The number of rotatable bonds is 7. The second-order valence-corrected chi connectivity index (χ2v) is 8.31. The first-order chi connectivity index (χ1) is 14.8. The zero-order valence-electron chi connectivity index (χ0n) is 19.1. The van der Waals surface area contributed by atoms with Gasteiger partial charge >= 0.3 is 6.03 Å². The molecule has 1 N–H and O–H groups in total. The van der Waals surface area contributed by atoms with Gasteiger partial charge in [-0.25, -0.2) is 4.79 Å². The minimum Gasteiger partial charge on any atom is -0.491 e. The van der Waals surface area contributed by atoms with E-state index in [2.05, 4.69) is 29.5 Å². The Kier molecular flexibility index (Phi) is 7.74. The SMILES string of the molecule is Cc1noc(NC(=O)N2CC/C(=C\c3cccc(OCCOC(C)C)c3)C(C)C2)c1C. The molecule has 0 spiro atoms. The summed E-state index contributed by atoms with van der Waals surface area (Å²) in [5, 5.41) is 6.73. The Balaban J connectivity index is 1.56. The van der Waals surface area contributed by atoms with Gasteiger partial charge in [-0.2, -0.15) is 0 Å². The maximum Gasteiger partial charge on any atom is 0.324 e. The molecule has 31 heavy (non-hydrogen) atoms. The van der Waals surface area contributed by atoms with Crippen molar-refractivity contribution in [3.05, 3.63) is 46.7 Å². The molecule has 1 unspecified atom stereocenters. The van der Waals surface area contributed by atoms with Crippen LogP contribution in [-0.2, 0) is 4.74 Å². The molecule has 1 aliphatic rings. The van der Waals surface area contributed by atoms with Gasteiger partial charge in [0.25, 0.3) is 0 Å². The Bertz CT molecular complexity index is 919. The number of benzene rings is 1. The average molecular weight is 428 g/mol. The van der Waals surface area contributed by atoms with Gasteiger partial charge in [0.05, 0.1) is 18.4 Å². The van der Waals surface area contributed by atoms with E-state index in [4.69, 9.17) is 14.0 Å². The summed E-state index contributed by atoms with van der Waals surface area (Å²) in [6.07, 6.45) is 3.25. The summed E-state index contributed by atoms with van der Waals surface area (Å²) >= 11 is 0. The number of amides is 2. The molecule has 168 valence electrons. The van der Waals surface area contributed by atoms with E-state index >= 15 is 0 Å². The molecule has 1 aromatic carbocycles. The maximum absolute atomic E-state index is 12.6. The van der Waals surface area contributed by atoms with Gasteiger partial charge < -0.3 is 18.9 Å². The lowest BCUT2D eigenvalue weighted by Gasteiger charge is -2.33. The van der Waals surface area contributed by atoms with Crippen molar-refractivity contribution >= 4 is 18.0 Å². The summed E-state index contributed by atoms with van der Waals surface area (Å²) in [4.78, 5) is 14.5. The number of urea groups is 1. The molecule has 2 amide bonds. The standard InChI is InChI=1S/C24H33N3O4/c1-16(2)29-11-12-30-22-8-6-7-20(14-22)13-21-9-10-27(15-17(21)3)24(28)25-23-18(4)19(5)26-31-23/h6-8,13-14,16-17H,9-12,15H2,1-5H3,(H,25,28)/b21-13+. The van der Waals surface area contributed by atoms with Gasteiger partial charge in [-0.1, -0.05) is 35.9 Å². The summed E-state index contributed by atoms with van der Waals surface area (Å²) in [5.74, 6) is 1.53. The number of ether oxygens (including phenoxy) is 2. The molecule has 2 heterocycles. The summed E-state index contributed by atoms with van der Waals surface area (Å²) < 4.78 is 16.5. The molecular weight excluding hydrogens is 394 g/mol. The molecule has 1 fully saturated rings. The first kappa shape index (κ1) is 22.9. The van der Waals surface area contributed by atoms with Gasteiger partial charge in [-0.05, 0) is 57.7 Å². The van der Waals surface area contributed by atoms with Crippen molar-refractivity contribution in [2.45, 2.75) is 47.1 Å². The third-order valence-electron chi connectivity index (χ3n) is 5.48. The third-order valence-corrected chi connectivity index (χ3v) is 5.48. The molecule has 0 aliphatic carbocycles. The molecule has 1 aromatic heterocycles. The van der Waals surface area contributed by atoms with Crippen LogP contribution in [0.4, 0.5) is 10.7 Å². The Hall–Kier alpha value is -2.80. The smallest absolute Gasteiger partial charge is 0.324 e. The zero-order valence-corrected chi connectivity index (χ0v) is 19.1. The first-order valence-electron chi connectivity index (χ1n) is 10.9.